The Hall–Kier alpha value is -0.770. The first-order valence-electron chi connectivity index (χ1n) is 5.32. The standard InChI is InChI=1S/C12H18ClNO2/c1-8(15)7-16-12-5-4-10(13)6-11(12)9(2)14-3/h4-6,8-9,14-15H,7H2,1-3H3. The van der Waals surface area contributed by atoms with Gasteiger partial charge in [-0.15, -0.1) is 0 Å². The Labute approximate surface area is 101 Å². The minimum absolute atomic E-state index is 0.155. The molecule has 2 atom stereocenters. The van der Waals surface area contributed by atoms with Gasteiger partial charge in [-0.1, -0.05) is 11.6 Å². The molecule has 0 aromatic heterocycles. The van der Waals surface area contributed by atoms with Crippen molar-refractivity contribution in [2.45, 2.75) is 26.0 Å². The Morgan fingerprint density at radius 1 is 1.44 bits per heavy atom. The van der Waals surface area contributed by atoms with Gasteiger partial charge >= 0.3 is 0 Å². The lowest BCUT2D eigenvalue weighted by Crippen LogP contribution is -2.17. The topological polar surface area (TPSA) is 41.5 Å². The summed E-state index contributed by atoms with van der Waals surface area (Å²) >= 11 is 5.95. The third kappa shape index (κ3) is 3.67. The lowest BCUT2D eigenvalue weighted by atomic mass is 10.1. The predicted octanol–water partition coefficient (Wildman–Crippen LogP) is 2.38. The quantitative estimate of drug-likeness (QED) is 0.835. The Morgan fingerprint density at radius 3 is 2.69 bits per heavy atom. The Balaban J connectivity index is 2.89. The molecule has 0 aliphatic heterocycles. The molecule has 0 amide bonds. The van der Waals surface area contributed by atoms with E-state index in [-0.39, 0.29) is 12.6 Å². The van der Waals surface area contributed by atoms with Crippen LogP contribution in [0, 0.1) is 0 Å². The number of nitrogens with one attached hydrogen (secondary N) is 1. The molecule has 3 nitrogen and oxygen atoms in total. The van der Waals surface area contributed by atoms with Crippen LogP contribution in [0.1, 0.15) is 25.5 Å². The maximum Gasteiger partial charge on any atom is 0.124 e. The second-order valence-electron chi connectivity index (χ2n) is 3.85. The number of rotatable bonds is 5. The van der Waals surface area contributed by atoms with Gasteiger partial charge in [-0.05, 0) is 39.1 Å². The van der Waals surface area contributed by atoms with Gasteiger partial charge in [-0.2, -0.15) is 0 Å². The van der Waals surface area contributed by atoms with Crippen molar-refractivity contribution in [3.05, 3.63) is 28.8 Å². The maximum atomic E-state index is 9.19. The largest absolute Gasteiger partial charge is 0.491 e. The van der Waals surface area contributed by atoms with Gasteiger partial charge in [0.1, 0.15) is 12.4 Å². The fourth-order valence-corrected chi connectivity index (χ4v) is 1.54. The van der Waals surface area contributed by atoms with Crippen molar-refractivity contribution in [2.75, 3.05) is 13.7 Å². The van der Waals surface area contributed by atoms with Gasteiger partial charge in [0.2, 0.25) is 0 Å². The van der Waals surface area contributed by atoms with E-state index < -0.39 is 6.10 Å². The zero-order valence-electron chi connectivity index (χ0n) is 9.83. The van der Waals surface area contributed by atoms with Crippen LogP contribution >= 0.6 is 11.6 Å². The normalized spacial score (nSPS) is 14.6. The van der Waals surface area contributed by atoms with Crippen molar-refractivity contribution < 1.29 is 9.84 Å². The van der Waals surface area contributed by atoms with Gasteiger partial charge in [0.05, 0.1) is 6.10 Å². The molecule has 0 saturated carbocycles. The van der Waals surface area contributed by atoms with Crippen LogP contribution in [0.3, 0.4) is 0 Å². The highest BCUT2D eigenvalue weighted by Gasteiger charge is 2.11. The minimum atomic E-state index is -0.478. The summed E-state index contributed by atoms with van der Waals surface area (Å²) in [6, 6.07) is 5.64. The van der Waals surface area contributed by atoms with Crippen LogP contribution in [0.5, 0.6) is 5.75 Å². The van der Waals surface area contributed by atoms with Gasteiger partial charge < -0.3 is 15.2 Å². The van der Waals surface area contributed by atoms with Crippen molar-refractivity contribution in [2.24, 2.45) is 0 Å². The van der Waals surface area contributed by atoms with E-state index in [2.05, 4.69) is 5.32 Å². The predicted molar refractivity (Wildman–Crippen MR) is 66.1 cm³/mol. The maximum absolute atomic E-state index is 9.19. The molecular weight excluding hydrogens is 226 g/mol. The zero-order chi connectivity index (χ0) is 12.1. The second kappa shape index (κ2) is 6.09. The zero-order valence-corrected chi connectivity index (χ0v) is 10.6. The molecule has 1 aromatic rings. The van der Waals surface area contributed by atoms with Crippen LogP contribution in [0.15, 0.2) is 18.2 Å². The summed E-state index contributed by atoms with van der Waals surface area (Å²) < 4.78 is 5.53. The van der Waals surface area contributed by atoms with E-state index in [0.717, 1.165) is 11.3 Å². The van der Waals surface area contributed by atoms with Gasteiger partial charge in [0.25, 0.3) is 0 Å². The average molecular weight is 244 g/mol. The molecule has 2 unspecified atom stereocenters. The summed E-state index contributed by atoms with van der Waals surface area (Å²) in [5, 5.41) is 13.0. The number of benzene rings is 1. The van der Waals surface area contributed by atoms with Crippen molar-refractivity contribution in [1.82, 2.24) is 5.32 Å². The molecule has 0 aliphatic rings. The Kier molecular flexibility index (Phi) is 5.06. The number of halogens is 1. The molecule has 0 bridgehead atoms. The van der Waals surface area contributed by atoms with E-state index in [1.807, 2.05) is 26.1 Å². The number of ether oxygens (including phenoxy) is 1. The number of aliphatic hydroxyl groups is 1. The molecule has 0 saturated heterocycles. The highest BCUT2D eigenvalue weighted by molar-refractivity contribution is 6.30. The minimum Gasteiger partial charge on any atom is -0.491 e. The Morgan fingerprint density at radius 2 is 2.12 bits per heavy atom. The van der Waals surface area contributed by atoms with Gasteiger partial charge in [0.15, 0.2) is 0 Å². The smallest absolute Gasteiger partial charge is 0.124 e. The number of aliphatic hydroxyl groups excluding tert-OH is 1. The molecular formula is C12H18ClNO2. The molecule has 4 heteroatoms. The number of hydrogen-bond acceptors (Lipinski definition) is 3. The van der Waals surface area contributed by atoms with Crippen LogP contribution in [0.2, 0.25) is 5.02 Å². The first-order valence-corrected chi connectivity index (χ1v) is 5.70. The molecule has 1 aromatic carbocycles. The van der Waals surface area contributed by atoms with Crippen LogP contribution in [0.4, 0.5) is 0 Å². The lowest BCUT2D eigenvalue weighted by molar-refractivity contribution is 0.122. The second-order valence-corrected chi connectivity index (χ2v) is 4.29. The highest BCUT2D eigenvalue weighted by Crippen LogP contribution is 2.28. The molecule has 0 aliphatic carbocycles. The van der Waals surface area contributed by atoms with E-state index >= 15 is 0 Å². The molecule has 90 valence electrons. The molecule has 2 N–H and O–H groups in total. The molecule has 0 spiro atoms. The summed E-state index contributed by atoms with van der Waals surface area (Å²) in [5.74, 6) is 0.757. The van der Waals surface area contributed by atoms with E-state index in [9.17, 15) is 5.11 Å². The summed E-state index contributed by atoms with van der Waals surface area (Å²) in [6.07, 6.45) is -0.478. The van der Waals surface area contributed by atoms with E-state index in [0.29, 0.717) is 5.02 Å². The molecule has 0 heterocycles. The van der Waals surface area contributed by atoms with Crippen molar-refractivity contribution in [3.8, 4) is 5.75 Å². The van der Waals surface area contributed by atoms with Crippen LogP contribution in [0.25, 0.3) is 0 Å². The van der Waals surface area contributed by atoms with Crippen molar-refractivity contribution in [1.29, 1.82) is 0 Å². The fraction of sp³-hybridized carbons (Fsp3) is 0.500. The summed E-state index contributed by atoms with van der Waals surface area (Å²) in [7, 11) is 1.88. The van der Waals surface area contributed by atoms with Crippen LogP contribution < -0.4 is 10.1 Å². The van der Waals surface area contributed by atoms with Gasteiger partial charge in [0, 0.05) is 16.6 Å². The summed E-state index contributed by atoms with van der Waals surface area (Å²) in [5.41, 5.74) is 0.996. The van der Waals surface area contributed by atoms with Crippen LogP contribution in [-0.4, -0.2) is 24.9 Å². The van der Waals surface area contributed by atoms with Crippen molar-refractivity contribution in [3.63, 3.8) is 0 Å². The van der Waals surface area contributed by atoms with E-state index in [4.69, 9.17) is 16.3 Å². The van der Waals surface area contributed by atoms with Crippen molar-refractivity contribution >= 4 is 11.6 Å². The first-order chi connectivity index (χ1) is 7.54. The van der Waals surface area contributed by atoms with E-state index in [1.165, 1.54) is 0 Å². The van der Waals surface area contributed by atoms with E-state index in [1.54, 1.807) is 13.0 Å². The Bertz CT molecular complexity index is 342. The van der Waals surface area contributed by atoms with Gasteiger partial charge in [-0.3, -0.25) is 0 Å². The SMILES string of the molecule is CNC(C)c1cc(Cl)ccc1OCC(C)O. The highest BCUT2D eigenvalue weighted by atomic mass is 35.5. The number of hydrogen-bond donors (Lipinski definition) is 2. The molecule has 16 heavy (non-hydrogen) atoms. The summed E-state index contributed by atoms with van der Waals surface area (Å²) in [6.45, 7) is 4.00. The molecule has 1 rings (SSSR count). The monoisotopic (exact) mass is 243 g/mol. The average Bonchev–Trinajstić information content (AvgIpc) is 2.26. The van der Waals surface area contributed by atoms with Gasteiger partial charge in [-0.25, -0.2) is 0 Å². The van der Waals surface area contributed by atoms with Crippen LogP contribution in [-0.2, 0) is 0 Å². The fourth-order valence-electron chi connectivity index (χ4n) is 1.36. The third-order valence-corrected chi connectivity index (χ3v) is 2.59. The third-order valence-electron chi connectivity index (χ3n) is 2.35. The lowest BCUT2D eigenvalue weighted by Gasteiger charge is -2.17. The first kappa shape index (κ1) is 13.3. The summed E-state index contributed by atoms with van der Waals surface area (Å²) in [4.78, 5) is 0. The molecule has 0 fully saturated rings. The molecule has 0 radical (unpaired) electrons.